The van der Waals surface area contributed by atoms with Gasteiger partial charge in [0.1, 0.15) is 18.5 Å². The van der Waals surface area contributed by atoms with Gasteiger partial charge in [-0.2, -0.15) is 0 Å². The molecule has 1 atom stereocenters. The predicted molar refractivity (Wildman–Crippen MR) is 91.9 cm³/mol. The van der Waals surface area contributed by atoms with E-state index in [1.165, 1.54) is 4.90 Å². The Morgan fingerprint density at radius 3 is 2.48 bits per heavy atom. The van der Waals surface area contributed by atoms with Gasteiger partial charge in [0.15, 0.2) is 0 Å². The lowest BCUT2D eigenvalue weighted by atomic mass is 10.1. The van der Waals surface area contributed by atoms with Gasteiger partial charge in [-0.1, -0.05) is 26.0 Å². The summed E-state index contributed by atoms with van der Waals surface area (Å²) in [7, 11) is 3.43. The molecule has 0 aromatic heterocycles. The second-order valence-electron chi connectivity index (χ2n) is 6.05. The van der Waals surface area contributed by atoms with Crippen molar-refractivity contribution in [2.75, 3.05) is 33.8 Å². The zero-order chi connectivity index (χ0) is 17.2. The number of hydrogen-bond donors (Lipinski definition) is 3. The number of carbonyl (C=O) groups is 1. The fourth-order valence-electron chi connectivity index (χ4n) is 1.85. The van der Waals surface area contributed by atoms with Gasteiger partial charge in [0.05, 0.1) is 0 Å². The molecular weight excluding hydrogens is 294 g/mol. The molecule has 0 radical (unpaired) electrons. The number of aliphatic hydroxyl groups is 1. The number of ether oxygens (including phenoxy) is 1. The lowest BCUT2D eigenvalue weighted by Crippen LogP contribution is -2.35. The molecule has 6 heteroatoms. The average molecular weight is 323 g/mol. The Kier molecular flexibility index (Phi) is 8.43. The monoisotopic (exact) mass is 323 g/mol. The van der Waals surface area contributed by atoms with Gasteiger partial charge in [-0.25, -0.2) is 4.79 Å². The van der Waals surface area contributed by atoms with Crippen LogP contribution in [0.1, 0.15) is 19.4 Å². The van der Waals surface area contributed by atoms with E-state index in [9.17, 15) is 9.90 Å². The molecule has 3 N–H and O–H groups in total. The first-order valence-corrected chi connectivity index (χ1v) is 7.97. The molecule has 0 spiro atoms. The standard InChI is InChI=1S/C17H29N3O3/c1-13(2)19-11-15(21)12-23-16-7-5-14(6-8-16)9-10-18-17(22)20(3)4/h5-8,13,15,19,21H,9-12H2,1-4H3,(H,18,22). The molecule has 23 heavy (non-hydrogen) atoms. The first-order valence-electron chi connectivity index (χ1n) is 7.97. The van der Waals surface area contributed by atoms with Gasteiger partial charge in [-0.15, -0.1) is 0 Å². The molecular formula is C17H29N3O3. The Balaban J connectivity index is 2.29. The summed E-state index contributed by atoms with van der Waals surface area (Å²) in [5.74, 6) is 0.731. The lowest BCUT2D eigenvalue weighted by Gasteiger charge is -2.15. The second-order valence-corrected chi connectivity index (χ2v) is 6.05. The van der Waals surface area contributed by atoms with Crippen molar-refractivity contribution in [2.24, 2.45) is 0 Å². The zero-order valence-corrected chi connectivity index (χ0v) is 14.5. The van der Waals surface area contributed by atoms with E-state index in [-0.39, 0.29) is 12.6 Å². The maximum Gasteiger partial charge on any atom is 0.316 e. The predicted octanol–water partition coefficient (Wildman–Crippen LogP) is 1.24. The fourth-order valence-corrected chi connectivity index (χ4v) is 1.85. The van der Waals surface area contributed by atoms with Crippen molar-refractivity contribution in [1.29, 1.82) is 0 Å². The van der Waals surface area contributed by atoms with E-state index in [1.807, 2.05) is 38.1 Å². The third kappa shape index (κ3) is 8.42. The lowest BCUT2D eigenvalue weighted by molar-refractivity contribution is 0.104. The normalized spacial score (nSPS) is 12.1. The Hall–Kier alpha value is -1.79. The van der Waals surface area contributed by atoms with Gasteiger partial charge < -0.3 is 25.4 Å². The van der Waals surface area contributed by atoms with Crippen LogP contribution >= 0.6 is 0 Å². The minimum absolute atomic E-state index is 0.0889. The van der Waals surface area contributed by atoms with Crippen molar-refractivity contribution in [3.63, 3.8) is 0 Å². The number of rotatable bonds is 9. The van der Waals surface area contributed by atoms with E-state index in [2.05, 4.69) is 10.6 Å². The molecule has 1 aromatic rings. The Bertz CT molecular complexity index is 461. The maximum atomic E-state index is 11.4. The summed E-state index contributed by atoms with van der Waals surface area (Å²) in [6.45, 7) is 5.44. The highest BCUT2D eigenvalue weighted by molar-refractivity contribution is 5.73. The van der Waals surface area contributed by atoms with Crippen molar-refractivity contribution >= 4 is 6.03 Å². The van der Waals surface area contributed by atoms with Crippen LogP contribution < -0.4 is 15.4 Å². The van der Waals surface area contributed by atoms with Crippen molar-refractivity contribution in [3.05, 3.63) is 29.8 Å². The van der Waals surface area contributed by atoms with E-state index in [4.69, 9.17) is 4.74 Å². The molecule has 1 unspecified atom stereocenters. The molecule has 0 aliphatic carbocycles. The van der Waals surface area contributed by atoms with E-state index < -0.39 is 6.10 Å². The van der Waals surface area contributed by atoms with Crippen LogP contribution in [0.2, 0.25) is 0 Å². The molecule has 1 rings (SSSR count). The first-order chi connectivity index (χ1) is 10.9. The van der Waals surface area contributed by atoms with E-state index in [0.29, 0.717) is 19.1 Å². The molecule has 0 fully saturated rings. The molecule has 0 aliphatic rings. The van der Waals surface area contributed by atoms with Crippen molar-refractivity contribution in [1.82, 2.24) is 15.5 Å². The third-order valence-corrected chi connectivity index (χ3v) is 3.22. The van der Waals surface area contributed by atoms with Crippen LogP contribution in [0.4, 0.5) is 4.79 Å². The number of nitrogens with one attached hydrogen (secondary N) is 2. The summed E-state index contributed by atoms with van der Waals surface area (Å²) in [4.78, 5) is 12.9. The van der Waals surface area contributed by atoms with Gasteiger partial charge in [-0.05, 0) is 24.1 Å². The third-order valence-electron chi connectivity index (χ3n) is 3.22. The second kappa shape index (κ2) is 10.1. The number of hydrogen-bond acceptors (Lipinski definition) is 4. The highest BCUT2D eigenvalue weighted by atomic mass is 16.5. The van der Waals surface area contributed by atoms with Gasteiger partial charge in [0.2, 0.25) is 0 Å². The molecule has 0 saturated carbocycles. The molecule has 0 saturated heterocycles. The number of urea groups is 1. The molecule has 0 aliphatic heterocycles. The Labute approximate surface area is 138 Å². The van der Waals surface area contributed by atoms with E-state index in [0.717, 1.165) is 17.7 Å². The SMILES string of the molecule is CC(C)NCC(O)COc1ccc(CCNC(=O)N(C)C)cc1. The number of nitrogens with zero attached hydrogens (tertiary/aromatic N) is 1. The smallest absolute Gasteiger partial charge is 0.316 e. The number of benzene rings is 1. The minimum Gasteiger partial charge on any atom is -0.491 e. The van der Waals surface area contributed by atoms with Crippen molar-refractivity contribution in [3.8, 4) is 5.75 Å². The summed E-state index contributed by atoms with van der Waals surface area (Å²) in [6.07, 6.45) is 0.235. The number of carbonyl (C=O) groups excluding carboxylic acids is 1. The zero-order valence-electron chi connectivity index (χ0n) is 14.5. The van der Waals surface area contributed by atoms with Crippen molar-refractivity contribution < 1.29 is 14.6 Å². The van der Waals surface area contributed by atoms with Gasteiger partial charge in [0, 0.05) is 33.2 Å². The molecule has 1 aromatic carbocycles. The summed E-state index contributed by atoms with van der Waals surface area (Å²) >= 11 is 0. The first kappa shape index (κ1) is 19.3. The van der Waals surface area contributed by atoms with Crippen molar-refractivity contribution in [2.45, 2.75) is 32.4 Å². The Morgan fingerprint density at radius 2 is 1.91 bits per heavy atom. The maximum absolute atomic E-state index is 11.4. The summed E-state index contributed by atoms with van der Waals surface area (Å²) in [5.41, 5.74) is 1.12. The summed E-state index contributed by atoms with van der Waals surface area (Å²) in [6, 6.07) is 7.95. The topological polar surface area (TPSA) is 73.8 Å². The van der Waals surface area contributed by atoms with Gasteiger partial charge in [-0.3, -0.25) is 0 Å². The van der Waals surface area contributed by atoms with Crippen LogP contribution in [0.5, 0.6) is 5.75 Å². The van der Waals surface area contributed by atoms with Crippen LogP contribution in [-0.4, -0.2) is 62.0 Å². The number of amides is 2. The van der Waals surface area contributed by atoms with Crippen LogP contribution in [0.3, 0.4) is 0 Å². The van der Waals surface area contributed by atoms with Crippen LogP contribution in [-0.2, 0) is 6.42 Å². The molecule has 2 amide bonds. The van der Waals surface area contributed by atoms with Gasteiger partial charge in [0.25, 0.3) is 0 Å². The van der Waals surface area contributed by atoms with E-state index >= 15 is 0 Å². The molecule has 0 bridgehead atoms. The summed E-state index contributed by atoms with van der Waals surface area (Å²) in [5, 5.41) is 15.8. The largest absolute Gasteiger partial charge is 0.491 e. The van der Waals surface area contributed by atoms with Crippen LogP contribution in [0.15, 0.2) is 24.3 Å². The quantitative estimate of drug-likeness (QED) is 0.639. The van der Waals surface area contributed by atoms with E-state index in [1.54, 1.807) is 14.1 Å². The fraction of sp³-hybridized carbons (Fsp3) is 0.588. The summed E-state index contributed by atoms with van der Waals surface area (Å²) < 4.78 is 5.56. The number of aliphatic hydroxyl groups excluding tert-OH is 1. The Morgan fingerprint density at radius 1 is 1.26 bits per heavy atom. The van der Waals surface area contributed by atoms with Gasteiger partial charge >= 0.3 is 6.03 Å². The molecule has 0 heterocycles. The highest BCUT2D eigenvalue weighted by Gasteiger charge is 2.06. The van der Waals surface area contributed by atoms with Crippen LogP contribution in [0, 0.1) is 0 Å². The highest BCUT2D eigenvalue weighted by Crippen LogP contribution is 2.12. The molecule has 130 valence electrons. The minimum atomic E-state index is -0.529. The molecule has 6 nitrogen and oxygen atoms in total. The average Bonchev–Trinajstić information content (AvgIpc) is 2.51. The van der Waals surface area contributed by atoms with Crippen LogP contribution in [0.25, 0.3) is 0 Å².